The first-order valence-corrected chi connectivity index (χ1v) is 8.18. The van der Waals surface area contributed by atoms with Crippen molar-refractivity contribution in [1.29, 1.82) is 5.26 Å². The maximum Gasteiger partial charge on any atom is 0.303 e. The van der Waals surface area contributed by atoms with Gasteiger partial charge in [-0.25, -0.2) is 0 Å². The number of nitrogens with zero attached hydrogens (tertiary/aromatic N) is 1. The summed E-state index contributed by atoms with van der Waals surface area (Å²) in [5, 5.41) is 21.3. The van der Waals surface area contributed by atoms with E-state index in [1.165, 1.54) is 0 Å². The number of hydrogen-bond donors (Lipinski definition) is 2. The Morgan fingerprint density at radius 1 is 1.48 bits per heavy atom. The van der Waals surface area contributed by atoms with Crippen molar-refractivity contribution >= 4 is 23.4 Å². The summed E-state index contributed by atoms with van der Waals surface area (Å²) in [6, 6.07) is 8.10. The molecule has 0 aliphatic heterocycles. The predicted octanol–water partition coefficient (Wildman–Crippen LogP) is 3.97. The Kier molecular flexibility index (Phi) is 7.70. The molecule has 21 heavy (non-hydrogen) atoms. The van der Waals surface area contributed by atoms with Crippen LogP contribution in [0.2, 0.25) is 0 Å². The summed E-state index contributed by atoms with van der Waals surface area (Å²) >= 11 is 1.66. The van der Waals surface area contributed by atoms with Gasteiger partial charge in [0.25, 0.3) is 0 Å². The number of carboxylic acids is 1. The molecule has 1 rings (SSSR count). The van der Waals surface area contributed by atoms with Gasteiger partial charge in [-0.1, -0.05) is 19.9 Å². The third-order valence-corrected chi connectivity index (χ3v) is 4.18. The molecule has 1 aromatic carbocycles. The fourth-order valence-electron chi connectivity index (χ4n) is 2.04. The van der Waals surface area contributed by atoms with Gasteiger partial charge in [0.1, 0.15) is 6.07 Å². The van der Waals surface area contributed by atoms with Crippen molar-refractivity contribution < 1.29 is 9.90 Å². The molecule has 0 radical (unpaired) electrons. The molecule has 0 spiro atoms. The van der Waals surface area contributed by atoms with Crippen LogP contribution in [0, 0.1) is 17.2 Å². The normalized spacial score (nSPS) is 11.7. The molecule has 0 heterocycles. The third kappa shape index (κ3) is 6.09. The second kappa shape index (κ2) is 9.30. The highest BCUT2D eigenvalue weighted by atomic mass is 32.2. The highest BCUT2D eigenvalue weighted by Gasteiger charge is 2.09. The van der Waals surface area contributed by atoms with Crippen LogP contribution in [0.4, 0.5) is 5.69 Å². The number of carbonyl (C=O) groups is 1. The zero-order valence-electron chi connectivity index (χ0n) is 12.6. The van der Waals surface area contributed by atoms with Gasteiger partial charge in [0, 0.05) is 17.9 Å². The first kappa shape index (κ1) is 17.4. The van der Waals surface area contributed by atoms with Crippen molar-refractivity contribution in [3.63, 3.8) is 0 Å². The average molecular weight is 306 g/mol. The topological polar surface area (TPSA) is 73.1 Å². The van der Waals surface area contributed by atoms with Gasteiger partial charge in [-0.15, -0.1) is 11.8 Å². The molecule has 0 saturated carbocycles. The van der Waals surface area contributed by atoms with E-state index in [0.717, 1.165) is 29.3 Å². The van der Waals surface area contributed by atoms with Crippen LogP contribution in [0.5, 0.6) is 0 Å². The molecular weight excluding hydrogens is 284 g/mol. The summed E-state index contributed by atoms with van der Waals surface area (Å²) in [6.45, 7) is 4.87. The average Bonchev–Trinajstić information content (AvgIpc) is 2.46. The van der Waals surface area contributed by atoms with Crippen molar-refractivity contribution in [3.8, 4) is 6.07 Å². The number of hydrogen-bond acceptors (Lipinski definition) is 4. The number of benzene rings is 1. The molecule has 0 aromatic heterocycles. The van der Waals surface area contributed by atoms with Crippen LogP contribution in [0.25, 0.3) is 0 Å². The summed E-state index contributed by atoms with van der Waals surface area (Å²) < 4.78 is 0. The third-order valence-electron chi connectivity index (χ3n) is 3.24. The Hall–Kier alpha value is -1.67. The summed E-state index contributed by atoms with van der Waals surface area (Å²) in [5.74, 6) is 0.544. The summed E-state index contributed by atoms with van der Waals surface area (Å²) in [4.78, 5) is 11.5. The summed E-state index contributed by atoms with van der Waals surface area (Å²) in [5.41, 5.74) is 1.56. The lowest BCUT2D eigenvalue weighted by molar-refractivity contribution is -0.137. The molecular formula is C16H22N2O2S. The Morgan fingerprint density at radius 3 is 2.86 bits per heavy atom. The Bertz CT molecular complexity index is 511. The largest absolute Gasteiger partial charge is 0.481 e. The maximum atomic E-state index is 10.5. The highest BCUT2D eigenvalue weighted by Crippen LogP contribution is 2.27. The molecule has 114 valence electrons. The van der Waals surface area contributed by atoms with Crippen molar-refractivity contribution in [1.82, 2.24) is 0 Å². The second-order valence-corrected chi connectivity index (χ2v) is 6.28. The first-order valence-electron chi connectivity index (χ1n) is 7.20. The number of rotatable bonds is 9. The van der Waals surface area contributed by atoms with Crippen molar-refractivity contribution in [2.24, 2.45) is 5.92 Å². The molecule has 4 nitrogen and oxygen atoms in total. The number of carboxylic acid groups (broad SMARTS) is 1. The van der Waals surface area contributed by atoms with Crippen LogP contribution in [0.15, 0.2) is 23.1 Å². The van der Waals surface area contributed by atoms with Gasteiger partial charge in [-0.3, -0.25) is 4.79 Å². The van der Waals surface area contributed by atoms with Crippen LogP contribution in [0.1, 0.15) is 38.7 Å². The van der Waals surface area contributed by atoms with Gasteiger partial charge in [0.05, 0.1) is 11.3 Å². The van der Waals surface area contributed by atoms with Gasteiger partial charge in [0.15, 0.2) is 0 Å². The van der Waals surface area contributed by atoms with E-state index < -0.39 is 5.97 Å². The molecule has 0 bridgehead atoms. The molecule has 5 heteroatoms. The van der Waals surface area contributed by atoms with Crippen LogP contribution >= 0.6 is 11.8 Å². The van der Waals surface area contributed by atoms with Crippen LogP contribution < -0.4 is 5.32 Å². The molecule has 1 aromatic rings. The molecule has 0 aliphatic carbocycles. The molecule has 0 aliphatic rings. The molecule has 2 N–H and O–H groups in total. The minimum atomic E-state index is -0.745. The lowest BCUT2D eigenvalue weighted by Gasteiger charge is -2.13. The van der Waals surface area contributed by atoms with Crippen LogP contribution in [-0.4, -0.2) is 23.4 Å². The predicted molar refractivity (Wildman–Crippen MR) is 86.7 cm³/mol. The van der Waals surface area contributed by atoms with Gasteiger partial charge < -0.3 is 10.4 Å². The first-order chi connectivity index (χ1) is 10.1. The molecule has 0 amide bonds. The SMILES string of the molecule is CCSc1cccc(NCCC(C)CCC(=O)O)c1C#N. The number of aliphatic carboxylic acids is 1. The van der Waals surface area contributed by atoms with Crippen LogP contribution in [-0.2, 0) is 4.79 Å². The van der Waals surface area contributed by atoms with E-state index in [9.17, 15) is 10.1 Å². The van der Waals surface area contributed by atoms with E-state index in [1.54, 1.807) is 11.8 Å². The maximum absolute atomic E-state index is 10.5. The quantitative estimate of drug-likeness (QED) is 0.675. The zero-order valence-corrected chi connectivity index (χ0v) is 13.4. The zero-order chi connectivity index (χ0) is 15.7. The monoisotopic (exact) mass is 306 g/mol. The molecule has 0 saturated heterocycles. The minimum Gasteiger partial charge on any atom is -0.481 e. The second-order valence-electron chi connectivity index (χ2n) is 4.98. The van der Waals surface area contributed by atoms with Crippen LogP contribution in [0.3, 0.4) is 0 Å². The fraction of sp³-hybridized carbons (Fsp3) is 0.500. The number of thioether (sulfide) groups is 1. The highest BCUT2D eigenvalue weighted by molar-refractivity contribution is 7.99. The van der Waals surface area contributed by atoms with Crippen molar-refractivity contribution in [2.75, 3.05) is 17.6 Å². The van der Waals surface area contributed by atoms with E-state index >= 15 is 0 Å². The van der Waals surface area contributed by atoms with Crippen molar-refractivity contribution in [2.45, 2.75) is 38.0 Å². The van der Waals surface area contributed by atoms with Gasteiger partial charge in [0.2, 0.25) is 0 Å². The Morgan fingerprint density at radius 2 is 2.24 bits per heavy atom. The fourth-order valence-corrected chi connectivity index (χ4v) is 2.82. The molecule has 1 unspecified atom stereocenters. The minimum absolute atomic E-state index is 0.216. The van der Waals surface area contributed by atoms with Gasteiger partial charge >= 0.3 is 5.97 Å². The smallest absolute Gasteiger partial charge is 0.303 e. The van der Waals surface area contributed by atoms with E-state index in [4.69, 9.17) is 5.11 Å². The molecule has 1 atom stereocenters. The standard InChI is InChI=1S/C16H22N2O2S/c1-3-21-15-6-4-5-14(13(15)11-17)18-10-9-12(2)7-8-16(19)20/h4-6,12,18H,3,7-10H2,1-2H3,(H,19,20). The molecule has 0 fully saturated rings. The number of anilines is 1. The Labute approximate surface area is 130 Å². The number of nitrogens with one attached hydrogen (secondary N) is 1. The lowest BCUT2D eigenvalue weighted by Crippen LogP contribution is -2.09. The summed E-state index contributed by atoms with van der Waals surface area (Å²) in [7, 11) is 0. The van der Waals surface area contributed by atoms with E-state index in [1.807, 2.05) is 18.2 Å². The van der Waals surface area contributed by atoms with Gasteiger partial charge in [-0.05, 0) is 36.6 Å². The van der Waals surface area contributed by atoms with E-state index in [0.29, 0.717) is 17.9 Å². The lowest BCUT2D eigenvalue weighted by atomic mass is 10.0. The van der Waals surface area contributed by atoms with E-state index in [-0.39, 0.29) is 6.42 Å². The Balaban J connectivity index is 2.54. The number of nitriles is 1. The summed E-state index contributed by atoms with van der Waals surface area (Å²) in [6.07, 6.45) is 1.80. The van der Waals surface area contributed by atoms with E-state index in [2.05, 4.69) is 25.2 Å². The van der Waals surface area contributed by atoms with Gasteiger partial charge in [-0.2, -0.15) is 5.26 Å². The van der Waals surface area contributed by atoms with Crippen molar-refractivity contribution in [3.05, 3.63) is 23.8 Å².